The number of piperazine rings is 1. The van der Waals surface area contributed by atoms with Crippen molar-refractivity contribution < 1.29 is 4.39 Å². The summed E-state index contributed by atoms with van der Waals surface area (Å²) in [6.07, 6.45) is 3.27. The number of halogens is 2. The number of hydrogen-bond donors (Lipinski definition) is 2. The van der Waals surface area contributed by atoms with E-state index in [1.807, 2.05) is 18.2 Å². The molecule has 1 saturated heterocycles. The third kappa shape index (κ3) is 3.77. The topological polar surface area (TPSA) is 70.9 Å². The molecule has 3 heterocycles. The zero-order valence-electron chi connectivity index (χ0n) is 17.5. The first kappa shape index (κ1) is 20.0. The number of benzene rings is 2. The van der Waals surface area contributed by atoms with Crippen LogP contribution >= 0.6 is 11.6 Å². The van der Waals surface area contributed by atoms with E-state index in [1.165, 1.54) is 12.4 Å². The molecule has 7 nitrogen and oxygen atoms in total. The van der Waals surface area contributed by atoms with Crippen molar-refractivity contribution in [1.82, 2.24) is 25.1 Å². The van der Waals surface area contributed by atoms with Gasteiger partial charge >= 0.3 is 0 Å². The van der Waals surface area contributed by atoms with Gasteiger partial charge in [0.2, 0.25) is 0 Å². The lowest BCUT2D eigenvalue weighted by molar-refractivity contribution is 0.407. The molecule has 0 radical (unpaired) electrons. The van der Waals surface area contributed by atoms with Crippen LogP contribution in [0.25, 0.3) is 21.8 Å². The molecule has 0 amide bonds. The number of fused-ring (bicyclic) bond motifs is 2. The average Bonchev–Trinajstić information content (AvgIpc) is 3.08. The van der Waals surface area contributed by atoms with Crippen molar-refractivity contribution in [1.29, 1.82) is 0 Å². The summed E-state index contributed by atoms with van der Waals surface area (Å²) < 4.78 is 16.1. The molecule has 1 aliphatic heterocycles. The van der Waals surface area contributed by atoms with Crippen LogP contribution in [0.3, 0.4) is 0 Å². The lowest BCUT2D eigenvalue weighted by Crippen LogP contribution is -2.54. The number of nitrogens with one attached hydrogen (secondary N) is 2. The summed E-state index contributed by atoms with van der Waals surface area (Å²) in [5, 5.41) is 12.9. The van der Waals surface area contributed by atoms with E-state index in [2.05, 4.69) is 44.4 Å². The second kappa shape index (κ2) is 7.62. The fourth-order valence-electron chi connectivity index (χ4n) is 4.36. The van der Waals surface area contributed by atoms with Crippen molar-refractivity contribution in [3.63, 3.8) is 0 Å². The standard InChI is InChI=1S/C22H23ClFN7/c1-12-8-31(9-13(2)27-12)16-6-17(23)20-19(7-16)25-11-26-22(20)28-15-4-14-10-30(3)29-21(14)18(24)5-15/h4-7,10-13,27H,8-9H2,1-3H3,(H,25,26,28). The molecule has 2 atom stereocenters. The highest BCUT2D eigenvalue weighted by molar-refractivity contribution is 6.36. The van der Waals surface area contributed by atoms with E-state index in [4.69, 9.17) is 11.6 Å². The van der Waals surface area contributed by atoms with Gasteiger partial charge in [-0.25, -0.2) is 14.4 Å². The third-order valence-corrected chi connectivity index (χ3v) is 5.83. The lowest BCUT2D eigenvalue weighted by Gasteiger charge is -2.37. The van der Waals surface area contributed by atoms with E-state index < -0.39 is 5.82 Å². The van der Waals surface area contributed by atoms with Crippen molar-refractivity contribution in [3.05, 3.63) is 47.6 Å². The van der Waals surface area contributed by atoms with Crippen LogP contribution in [-0.2, 0) is 7.05 Å². The Labute approximate surface area is 184 Å². The number of aromatic nitrogens is 4. The molecule has 0 spiro atoms. The SMILES string of the molecule is CC1CN(c2cc(Cl)c3c(Nc4cc(F)c5nn(C)cc5c4)ncnc3c2)CC(C)N1. The molecule has 2 N–H and O–H groups in total. The Hall–Kier alpha value is -2.97. The Kier molecular flexibility index (Phi) is 4.91. The molecule has 1 fully saturated rings. The molecule has 160 valence electrons. The van der Waals surface area contributed by atoms with E-state index in [1.54, 1.807) is 17.9 Å². The molecule has 5 rings (SSSR count). The van der Waals surface area contributed by atoms with Gasteiger partial charge in [-0.2, -0.15) is 5.10 Å². The van der Waals surface area contributed by atoms with E-state index in [0.29, 0.717) is 44.9 Å². The summed E-state index contributed by atoms with van der Waals surface area (Å²) in [6.45, 7) is 6.14. The first-order valence-electron chi connectivity index (χ1n) is 10.2. The van der Waals surface area contributed by atoms with Crippen molar-refractivity contribution in [3.8, 4) is 0 Å². The normalized spacial score (nSPS) is 19.3. The maximum Gasteiger partial charge on any atom is 0.153 e. The number of hydrogen-bond acceptors (Lipinski definition) is 6. The minimum absolute atomic E-state index is 0.336. The predicted octanol–water partition coefficient (Wildman–Crippen LogP) is 4.24. The molecule has 9 heteroatoms. The van der Waals surface area contributed by atoms with Crippen LogP contribution < -0.4 is 15.5 Å². The van der Waals surface area contributed by atoms with E-state index in [0.717, 1.165) is 24.3 Å². The van der Waals surface area contributed by atoms with Crippen LogP contribution in [0.4, 0.5) is 21.6 Å². The zero-order valence-corrected chi connectivity index (χ0v) is 18.3. The molecule has 0 saturated carbocycles. The van der Waals surface area contributed by atoms with Gasteiger partial charge in [-0.15, -0.1) is 0 Å². The summed E-state index contributed by atoms with van der Waals surface area (Å²) in [6, 6.07) is 8.01. The number of rotatable bonds is 3. The summed E-state index contributed by atoms with van der Waals surface area (Å²) in [7, 11) is 1.77. The van der Waals surface area contributed by atoms with Gasteiger partial charge in [-0.05, 0) is 38.1 Å². The van der Waals surface area contributed by atoms with Crippen molar-refractivity contribution in [2.75, 3.05) is 23.3 Å². The molecule has 1 aliphatic rings. The molecule has 4 aromatic rings. The molecule has 0 aliphatic carbocycles. The van der Waals surface area contributed by atoms with Crippen molar-refractivity contribution in [2.45, 2.75) is 25.9 Å². The summed E-state index contributed by atoms with van der Waals surface area (Å²) in [4.78, 5) is 11.1. The van der Waals surface area contributed by atoms with Crippen LogP contribution in [0.2, 0.25) is 5.02 Å². The molecule has 2 aromatic heterocycles. The average molecular weight is 440 g/mol. The van der Waals surface area contributed by atoms with E-state index >= 15 is 0 Å². The maximum atomic E-state index is 14.5. The first-order chi connectivity index (χ1) is 14.9. The number of anilines is 3. The minimum atomic E-state index is -0.394. The quantitative estimate of drug-likeness (QED) is 0.497. The highest BCUT2D eigenvalue weighted by Crippen LogP contribution is 2.35. The van der Waals surface area contributed by atoms with Crippen LogP contribution in [0.5, 0.6) is 0 Å². The van der Waals surface area contributed by atoms with Crippen molar-refractivity contribution in [2.24, 2.45) is 7.05 Å². The van der Waals surface area contributed by atoms with Crippen LogP contribution in [0, 0.1) is 5.82 Å². The Morgan fingerprint density at radius 1 is 1.13 bits per heavy atom. The van der Waals surface area contributed by atoms with Gasteiger partial charge in [0.1, 0.15) is 17.7 Å². The van der Waals surface area contributed by atoms with Gasteiger partial charge in [0.25, 0.3) is 0 Å². The van der Waals surface area contributed by atoms with Gasteiger partial charge in [-0.3, -0.25) is 4.68 Å². The monoisotopic (exact) mass is 439 g/mol. The van der Waals surface area contributed by atoms with Crippen LogP contribution in [0.1, 0.15) is 13.8 Å². The summed E-state index contributed by atoms with van der Waals surface area (Å²) in [5.41, 5.74) is 2.68. The van der Waals surface area contributed by atoms with Gasteiger partial charge in [0.05, 0.1) is 15.9 Å². The Morgan fingerprint density at radius 2 is 1.90 bits per heavy atom. The van der Waals surface area contributed by atoms with Gasteiger partial charge in [0.15, 0.2) is 5.82 Å². The fraction of sp³-hybridized carbons (Fsp3) is 0.318. The highest BCUT2D eigenvalue weighted by Gasteiger charge is 2.22. The molecule has 0 bridgehead atoms. The largest absolute Gasteiger partial charge is 0.368 e. The summed E-state index contributed by atoms with van der Waals surface area (Å²) >= 11 is 6.71. The number of aryl methyl sites for hydroxylation is 1. The lowest BCUT2D eigenvalue weighted by atomic mass is 10.1. The first-order valence-corrected chi connectivity index (χ1v) is 10.6. The number of nitrogens with zero attached hydrogens (tertiary/aromatic N) is 5. The molecular formula is C22H23ClFN7. The Balaban J connectivity index is 1.53. The van der Waals surface area contributed by atoms with Crippen LogP contribution in [-0.4, -0.2) is 44.9 Å². The van der Waals surface area contributed by atoms with Crippen LogP contribution in [0.15, 0.2) is 36.8 Å². The van der Waals surface area contributed by atoms with E-state index in [-0.39, 0.29) is 0 Å². The minimum Gasteiger partial charge on any atom is -0.368 e. The van der Waals surface area contributed by atoms with Crippen molar-refractivity contribution >= 4 is 50.6 Å². The van der Waals surface area contributed by atoms with E-state index in [9.17, 15) is 4.39 Å². The summed E-state index contributed by atoms with van der Waals surface area (Å²) in [5.74, 6) is 0.139. The second-order valence-corrected chi connectivity index (χ2v) is 8.65. The highest BCUT2D eigenvalue weighted by atomic mass is 35.5. The fourth-order valence-corrected chi connectivity index (χ4v) is 4.66. The predicted molar refractivity (Wildman–Crippen MR) is 123 cm³/mol. The Bertz CT molecular complexity index is 1280. The third-order valence-electron chi connectivity index (χ3n) is 5.54. The molecular weight excluding hydrogens is 417 g/mol. The van der Waals surface area contributed by atoms with Gasteiger partial charge < -0.3 is 15.5 Å². The van der Waals surface area contributed by atoms with Gasteiger partial charge in [-0.1, -0.05) is 11.6 Å². The smallest absolute Gasteiger partial charge is 0.153 e. The second-order valence-electron chi connectivity index (χ2n) is 8.24. The Morgan fingerprint density at radius 3 is 2.68 bits per heavy atom. The zero-order chi connectivity index (χ0) is 21.7. The molecule has 2 unspecified atom stereocenters. The molecule has 31 heavy (non-hydrogen) atoms. The van der Waals surface area contributed by atoms with Gasteiger partial charge in [0, 0.05) is 55.2 Å². The molecule has 2 aromatic carbocycles. The maximum absolute atomic E-state index is 14.5.